The Morgan fingerprint density at radius 1 is 1.24 bits per heavy atom. The maximum absolute atomic E-state index is 13.1. The normalized spacial score (nSPS) is 22.9. The van der Waals surface area contributed by atoms with Crippen LogP contribution in [-0.2, 0) is 9.84 Å². The molecule has 0 aromatic carbocycles. The third kappa shape index (κ3) is 3.23. The van der Waals surface area contributed by atoms with Crippen LogP contribution in [0, 0.1) is 11.8 Å². The van der Waals surface area contributed by atoms with Crippen molar-refractivity contribution in [1.82, 2.24) is 14.9 Å². The monoisotopic (exact) mass is 411 g/mol. The lowest BCUT2D eigenvalue weighted by molar-refractivity contribution is 0.0874. The van der Waals surface area contributed by atoms with Gasteiger partial charge in [0.1, 0.15) is 11.4 Å². The van der Waals surface area contributed by atoms with Gasteiger partial charge in [0, 0.05) is 19.2 Å². The molecule has 0 radical (unpaired) electrons. The Hall–Kier alpha value is -3.00. The molecule has 2 aromatic heterocycles. The van der Waals surface area contributed by atoms with Gasteiger partial charge in [-0.3, -0.25) is 4.79 Å². The van der Waals surface area contributed by atoms with Crippen molar-refractivity contribution >= 4 is 21.4 Å². The lowest BCUT2D eigenvalue weighted by Gasteiger charge is -2.24. The van der Waals surface area contributed by atoms with Crippen molar-refractivity contribution in [2.45, 2.75) is 19.0 Å². The molecule has 3 heterocycles. The van der Waals surface area contributed by atoms with Crippen LogP contribution in [0.5, 0.6) is 0 Å². The second kappa shape index (κ2) is 6.81. The third-order valence-corrected chi connectivity index (χ3v) is 6.15. The second-order valence-corrected chi connectivity index (χ2v) is 9.33. The molecule has 1 unspecified atom stereocenters. The summed E-state index contributed by atoms with van der Waals surface area (Å²) in [5.41, 5.74) is 2.48. The maximum Gasteiger partial charge on any atom is 0.262 e. The fraction of sp³-hybridized carbons (Fsp3) is 0.286. The lowest BCUT2D eigenvalue weighted by Crippen LogP contribution is -2.19. The Bertz CT molecular complexity index is 1190. The Labute approximate surface area is 169 Å². The third-order valence-electron chi connectivity index (χ3n) is 5.30. The number of hydrogen-bond acceptors (Lipinski definition) is 6. The molecule has 4 rings (SSSR count). The van der Waals surface area contributed by atoms with E-state index in [0.717, 1.165) is 11.8 Å². The molecular weight excluding hydrogens is 390 g/mol. The average molecular weight is 411 g/mol. The zero-order valence-corrected chi connectivity index (χ0v) is 17.4. The molecule has 0 saturated heterocycles. The molecule has 2 atom stereocenters. The smallest absolute Gasteiger partial charge is 0.262 e. The van der Waals surface area contributed by atoms with Gasteiger partial charge in [-0.2, -0.15) is 0 Å². The number of allylic oxidation sites excluding steroid dienone is 5. The first-order valence-electron chi connectivity index (χ1n) is 9.19. The lowest BCUT2D eigenvalue weighted by atomic mass is 9.83. The zero-order chi connectivity index (χ0) is 20.9. The molecule has 2 aromatic rings. The molecule has 0 bridgehead atoms. The number of aromatic nitrogens is 2. The molecular formula is C21H21N3O4S. The van der Waals surface area contributed by atoms with Crippen LogP contribution in [0.4, 0.5) is 0 Å². The van der Waals surface area contributed by atoms with E-state index in [9.17, 15) is 13.2 Å². The summed E-state index contributed by atoms with van der Waals surface area (Å²) in [5, 5.41) is -0.333. The molecule has 1 aliphatic carbocycles. The van der Waals surface area contributed by atoms with Gasteiger partial charge in [-0.1, -0.05) is 36.8 Å². The van der Waals surface area contributed by atoms with Crippen LogP contribution in [0.2, 0.25) is 0 Å². The van der Waals surface area contributed by atoms with Gasteiger partial charge >= 0.3 is 0 Å². The Balaban J connectivity index is 1.98. The summed E-state index contributed by atoms with van der Waals surface area (Å²) in [4.78, 5) is 23.0. The quantitative estimate of drug-likeness (QED) is 0.719. The number of amides is 1. The van der Waals surface area contributed by atoms with Gasteiger partial charge in [0.2, 0.25) is 15.0 Å². The van der Waals surface area contributed by atoms with Crippen molar-refractivity contribution in [2.75, 3.05) is 13.3 Å². The predicted molar refractivity (Wildman–Crippen MR) is 108 cm³/mol. The molecule has 0 N–H and O–H groups in total. The van der Waals surface area contributed by atoms with Crippen LogP contribution in [0.15, 0.2) is 57.8 Å². The van der Waals surface area contributed by atoms with E-state index in [1.807, 2.05) is 25.2 Å². The first-order valence-corrected chi connectivity index (χ1v) is 11.1. The van der Waals surface area contributed by atoms with Crippen molar-refractivity contribution in [3.05, 3.63) is 59.5 Å². The fourth-order valence-electron chi connectivity index (χ4n) is 3.69. The molecule has 0 spiro atoms. The molecule has 1 aliphatic heterocycles. The van der Waals surface area contributed by atoms with Gasteiger partial charge in [0.15, 0.2) is 5.76 Å². The second-order valence-electron chi connectivity index (χ2n) is 7.42. The highest BCUT2D eigenvalue weighted by molar-refractivity contribution is 7.90. The highest BCUT2D eigenvalue weighted by Crippen LogP contribution is 2.39. The van der Waals surface area contributed by atoms with Gasteiger partial charge in [0.25, 0.3) is 5.91 Å². The van der Waals surface area contributed by atoms with Crippen LogP contribution >= 0.6 is 0 Å². The number of carbonyl (C=O) groups excluding carboxylic acids is 1. The molecule has 0 fully saturated rings. The Morgan fingerprint density at radius 2 is 1.97 bits per heavy atom. The number of rotatable bonds is 3. The molecule has 1 amide bonds. The van der Waals surface area contributed by atoms with Crippen molar-refractivity contribution in [3.63, 3.8) is 0 Å². The Kier molecular flexibility index (Phi) is 4.53. The Morgan fingerprint density at radius 3 is 2.59 bits per heavy atom. The molecule has 29 heavy (non-hydrogen) atoms. The van der Waals surface area contributed by atoms with Gasteiger partial charge in [-0.05, 0) is 25.0 Å². The van der Waals surface area contributed by atoms with E-state index in [-0.39, 0.29) is 34.2 Å². The minimum atomic E-state index is -3.69. The largest absolute Gasteiger partial charge is 0.463 e. The van der Waals surface area contributed by atoms with Crippen LogP contribution in [-0.4, -0.2) is 42.5 Å². The summed E-state index contributed by atoms with van der Waals surface area (Å²) in [6.07, 6.45) is 10.6. The topological polar surface area (TPSA) is 93.4 Å². The molecule has 150 valence electrons. The van der Waals surface area contributed by atoms with Gasteiger partial charge in [-0.15, -0.1) is 0 Å². The van der Waals surface area contributed by atoms with Crippen molar-refractivity contribution in [3.8, 4) is 11.5 Å². The number of sulfone groups is 1. The van der Waals surface area contributed by atoms with Crippen LogP contribution in [0.3, 0.4) is 0 Å². The van der Waals surface area contributed by atoms with E-state index in [0.29, 0.717) is 17.2 Å². The van der Waals surface area contributed by atoms with E-state index in [1.165, 1.54) is 11.2 Å². The summed E-state index contributed by atoms with van der Waals surface area (Å²) < 4.78 is 29.9. The van der Waals surface area contributed by atoms with E-state index in [2.05, 4.69) is 23.0 Å². The number of nitrogens with zero attached hydrogens (tertiary/aromatic N) is 3. The first-order chi connectivity index (χ1) is 13.7. The molecule has 0 saturated carbocycles. The summed E-state index contributed by atoms with van der Waals surface area (Å²) in [6.45, 7) is 4.14. The molecule has 7 nitrogen and oxygen atoms in total. The SMILES string of the molecule is CC1=CC=C[C@@H](C)C1/C=C1/c2nc(S(C)(=O)=O)nc(-c3ccco3)c2C(=O)N1C. The van der Waals surface area contributed by atoms with Crippen molar-refractivity contribution < 1.29 is 17.6 Å². The first kappa shape index (κ1) is 19.3. The van der Waals surface area contributed by atoms with E-state index in [4.69, 9.17) is 4.42 Å². The molecule has 8 heteroatoms. The van der Waals surface area contributed by atoms with Crippen molar-refractivity contribution in [1.29, 1.82) is 0 Å². The predicted octanol–water partition coefficient (Wildman–Crippen LogP) is 3.34. The van der Waals surface area contributed by atoms with Gasteiger partial charge in [0.05, 0.1) is 17.5 Å². The van der Waals surface area contributed by atoms with Crippen LogP contribution in [0.25, 0.3) is 17.2 Å². The standard InChI is InChI=1S/C21H21N3O4S/c1-12-7-5-8-13(2)14(12)11-15-18-17(20(25)24(15)3)19(16-9-6-10-28-16)23-21(22-18)29(4,26)27/h5-12,14H,1-4H3/b15-11-/t12-,14?/m1/s1. The number of furan rings is 1. The maximum atomic E-state index is 13.1. The minimum Gasteiger partial charge on any atom is -0.463 e. The summed E-state index contributed by atoms with van der Waals surface area (Å²) in [7, 11) is -2.04. The molecule has 2 aliphatic rings. The average Bonchev–Trinajstić information content (AvgIpc) is 3.26. The highest BCUT2D eigenvalue weighted by Gasteiger charge is 2.38. The van der Waals surface area contributed by atoms with E-state index < -0.39 is 9.84 Å². The number of hydrogen-bond donors (Lipinski definition) is 0. The van der Waals surface area contributed by atoms with E-state index >= 15 is 0 Å². The van der Waals surface area contributed by atoms with Crippen molar-refractivity contribution in [2.24, 2.45) is 11.8 Å². The van der Waals surface area contributed by atoms with Gasteiger partial charge < -0.3 is 9.32 Å². The van der Waals surface area contributed by atoms with Gasteiger partial charge in [-0.25, -0.2) is 18.4 Å². The minimum absolute atomic E-state index is 0.0694. The summed E-state index contributed by atoms with van der Waals surface area (Å²) >= 11 is 0. The zero-order valence-electron chi connectivity index (χ0n) is 16.6. The fourth-order valence-corrected chi connectivity index (χ4v) is 4.21. The number of fused-ring (bicyclic) bond motifs is 1. The number of carbonyl (C=O) groups is 1. The van der Waals surface area contributed by atoms with Crippen LogP contribution in [0.1, 0.15) is 29.9 Å². The van der Waals surface area contributed by atoms with Crippen LogP contribution < -0.4 is 0 Å². The summed E-state index contributed by atoms with van der Waals surface area (Å²) in [5.74, 6) is 0.334. The van der Waals surface area contributed by atoms with E-state index in [1.54, 1.807) is 19.2 Å². The highest BCUT2D eigenvalue weighted by atomic mass is 32.2. The summed E-state index contributed by atoms with van der Waals surface area (Å²) in [6, 6.07) is 3.30.